The smallest absolute Gasteiger partial charge is 0.238 e. The number of ether oxygens (including phenoxy) is 1. The molecule has 5 rings (SSSR count). The minimum atomic E-state index is -0.477. The number of amides is 2. The third kappa shape index (κ3) is 3.96. The molecule has 1 aliphatic rings. The van der Waals surface area contributed by atoms with E-state index in [-0.39, 0.29) is 18.2 Å². The molecule has 7 heteroatoms. The molecule has 2 heterocycles. The third-order valence-corrected chi connectivity index (χ3v) is 6.91. The maximum Gasteiger partial charge on any atom is 0.238 e. The van der Waals surface area contributed by atoms with Crippen molar-refractivity contribution in [2.75, 3.05) is 23.5 Å². The standard InChI is InChI=1S/C26H23N3O3S/c1-17-8-3-5-12-22(17)29(26-27-21-11-4-6-13-23(21)33-26)25(31)18-14-24(30)28(16-18)19-9-7-10-20(15-19)32-2/h3-13,15,18H,14,16H2,1-2H3. The maximum absolute atomic E-state index is 13.9. The number of hydrogen-bond donors (Lipinski definition) is 0. The molecule has 1 saturated heterocycles. The number of anilines is 3. The molecule has 0 bridgehead atoms. The lowest BCUT2D eigenvalue weighted by Crippen LogP contribution is -2.34. The first-order valence-electron chi connectivity index (χ1n) is 10.7. The van der Waals surface area contributed by atoms with Gasteiger partial charge >= 0.3 is 0 Å². The van der Waals surface area contributed by atoms with Crippen molar-refractivity contribution >= 4 is 49.9 Å². The van der Waals surface area contributed by atoms with E-state index in [4.69, 9.17) is 9.72 Å². The van der Waals surface area contributed by atoms with Crippen LogP contribution in [-0.2, 0) is 9.59 Å². The summed E-state index contributed by atoms with van der Waals surface area (Å²) >= 11 is 1.48. The first-order chi connectivity index (χ1) is 16.0. The second-order valence-corrected chi connectivity index (χ2v) is 9.04. The number of benzene rings is 3. The van der Waals surface area contributed by atoms with Crippen molar-refractivity contribution < 1.29 is 14.3 Å². The Hall–Kier alpha value is -3.71. The number of thiazole rings is 1. The van der Waals surface area contributed by atoms with Gasteiger partial charge in [-0.05, 0) is 42.8 Å². The van der Waals surface area contributed by atoms with E-state index in [0.29, 0.717) is 17.4 Å². The molecule has 0 aliphatic carbocycles. The summed E-state index contributed by atoms with van der Waals surface area (Å²) in [6, 6.07) is 23.0. The lowest BCUT2D eigenvalue weighted by atomic mass is 10.1. The average molecular weight is 458 g/mol. The lowest BCUT2D eigenvalue weighted by Gasteiger charge is -2.25. The van der Waals surface area contributed by atoms with Crippen molar-refractivity contribution in [2.45, 2.75) is 13.3 Å². The van der Waals surface area contributed by atoms with Crippen molar-refractivity contribution in [3.05, 3.63) is 78.4 Å². The predicted molar refractivity (Wildman–Crippen MR) is 131 cm³/mol. The van der Waals surface area contributed by atoms with E-state index in [2.05, 4.69) is 0 Å². The first kappa shape index (κ1) is 21.2. The van der Waals surface area contributed by atoms with E-state index < -0.39 is 5.92 Å². The van der Waals surface area contributed by atoms with Crippen LogP contribution in [0.2, 0.25) is 0 Å². The van der Waals surface area contributed by atoms with Gasteiger partial charge in [0.15, 0.2) is 5.13 Å². The van der Waals surface area contributed by atoms with Crippen molar-refractivity contribution in [1.29, 1.82) is 0 Å². The molecule has 0 spiro atoms. The molecule has 1 aromatic heterocycles. The SMILES string of the molecule is COc1cccc(N2CC(C(=O)N(c3nc4ccccc4s3)c3ccccc3C)CC2=O)c1. The Bertz CT molecular complexity index is 1320. The Morgan fingerprint density at radius 1 is 1.09 bits per heavy atom. The van der Waals surface area contributed by atoms with E-state index in [1.807, 2.05) is 79.7 Å². The van der Waals surface area contributed by atoms with Gasteiger partial charge in [0.25, 0.3) is 0 Å². The molecule has 6 nitrogen and oxygen atoms in total. The molecule has 0 radical (unpaired) electrons. The number of para-hydroxylation sites is 2. The molecule has 1 aliphatic heterocycles. The molecule has 0 saturated carbocycles. The summed E-state index contributed by atoms with van der Waals surface area (Å²) in [4.78, 5) is 34.9. The fraction of sp³-hybridized carbons (Fsp3) is 0.192. The Morgan fingerprint density at radius 2 is 1.88 bits per heavy atom. The number of methoxy groups -OCH3 is 1. The predicted octanol–water partition coefficient (Wildman–Crippen LogP) is 5.33. The number of hydrogen-bond acceptors (Lipinski definition) is 5. The Morgan fingerprint density at radius 3 is 2.67 bits per heavy atom. The van der Waals surface area contributed by atoms with E-state index in [1.54, 1.807) is 16.9 Å². The molecule has 4 aromatic rings. The molecule has 1 atom stereocenters. The highest BCUT2D eigenvalue weighted by Crippen LogP contribution is 2.38. The van der Waals surface area contributed by atoms with Gasteiger partial charge in [-0.2, -0.15) is 0 Å². The van der Waals surface area contributed by atoms with E-state index >= 15 is 0 Å². The first-order valence-corrected chi connectivity index (χ1v) is 11.6. The molecular formula is C26H23N3O3S. The number of fused-ring (bicyclic) bond motifs is 1. The van der Waals surface area contributed by atoms with Gasteiger partial charge in [0.1, 0.15) is 5.75 Å². The van der Waals surface area contributed by atoms with Crippen molar-refractivity contribution in [1.82, 2.24) is 4.98 Å². The third-order valence-electron chi connectivity index (χ3n) is 5.89. The molecule has 33 heavy (non-hydrogen) atoms. The highest BCUT2D eigenvalue weighted by atomic mass is 32.1. The fourth-order valence-corrected chi connectivity index (χ4v) is 5.15. The summed E-state index contributed by atoms with van der Waals surface area (Å²) in [5.41, 5.74) is 3.34. The number of aryl methyl sites for hydroxylation is 1. The van der Waals surface area contributed by atoms with Gasteiger partial charge in [0.05, 0.1) is 28.9 Å². The molecule has 2 amide bonds. The highest BCUT2D eigenvalue weighted by molar-refractivity contribution is 7.22. The summed E-state index contributed by atoms with van der Waals surface area (Å²) in [5.74, 6) is -0.000790. The van der Waals surface area contributed by atoms with Gasteiger partial charge in [-0.15, -0.1) is 0 Å². The largest absolute Gasteiger partial charge is 0.497 e. The Balaban J connectivity index is 1.51. The quantitative estimate of drug-likeness (QED) is 0.406. The topological polar surface area (TPSA) is 62.7 Å². The van der Waals surface area contributed by atoms with Crippen LogP contribution in [0.5, 0.6) is 5.75 Å². The van der Waals surface area contributed by atoms with Gasteiger partial charge in [-0.3, -0.25) is 14.5 Å². The van der Waals surface area contributed by atoms with Crippen LogP contribution in [0.25, 0.3) is 10.2 Å². The number of carbonyl (C=O) groups is 2. The summed E-state index contributed by atoms with van der Waals surface area (Å²) in [6.07, 6.45) is 0.156. The zero-order valence-electron chi connectivity index (χ0n) is 18.4. The van der Waals surface area contributed by atoms with Crippen LogP contribution in [0.4, 0.5) is 16.5 Å². The summed E-state index contributed by atoms with van der Waals surface area (Å²) < 4.78 is 6.31. The monoisotopic (exact) mass is 457 g/mol. The lowest BCUT2D eigenvalue weighted by molar-refractivity contribution is -0.123. The van der Waals surface area contributed by atoms with Gasteiger partial charge in [-0.1, -0.05) is 47.7 Å². The van der Waals surface area contributed by atoms with Crippen LogP contribution < -0.4 is 14.5 Å². The molecule has 1 unspecified atom stereocenters. The van der Waals surface area contributed by atoms with Crippen LogP contribution in [0.15, 0.2) is 72.8 Å². The second-order valence-electron chi connectivity index (χ2n) is 8.03. The van der Waals surface area contributed by atoms with Gasteiger partial charge < -0.3 is 9.64 Å². The van der Waals surface area contributed by atoms with Gasteiger partial charge in [0, 0.05) is 24.7 Å². The minimum absolute atomic E-state index is 0.0735. The summed E-state index contributed by atoms with van der Waals surface area (Å²) in [7, 11) is 1.59. The normalized spacial score (nSPS) is 15.8. The van der Waals surface area contributed by atoms with Crippen LogP contribution in [0.3, 0.4) is 0 Å². The minimum Gasteiger partial charge on any atom is -0.497 e. The van der Waals surface area contributed by atoms with Crippen LogP contribution in [0, 0.1) is 12.8 Å². The summed E-state index contributed by atoms with van der Waals surface area (Å²) in [6.45, 7) is 2.30. The Kier molecular flexibility index (Phi) is 5.56. The van der Waals surface area contributed by atoms with Gasteiger partial charge in [0.2, 0.25) is 11.8 Å². The highest BCUT2D eigenvalue weighted by Gasteiger charge is 2.39. The van der Waals surface area contributed by atoms with Gasteiger partial charge in [-0.25, -0.2) is 4.98 Å². The average Bonchev–Trinajstić information content (AvgIpc) is 3.44. The second kappa shape index (κ2) is 8.67. The zero-order valence-corrected chi connectivity index (χ0v) is 19.2. The molecular weight excluding hydrogens is 434 g/mol. The molecule has 1 fully saturated rings. The number of aromatic nitrogens is 1. The zero-order chi connectivity index (χ0) is 22.9. The number of nitrogens with zero attached hydrogens (tertiary/aromatic N) is 3. The summed E-state index contributed by atoms with van der Waals surface area (Å²) in [5, 5.41) is 0.614. The molecule has 3 aromatic carbocycles. The molecule has 166 valence electrons. The number of rotatable bonds is 5. The van der Waals surface area contributed by atoms with E-state index in [9.17, 15) is 9.59 Å². The van der Waals surface area contributed by atoms with Crippen molar-refractivity contribution in [3.8, 4) is 5.75 Å². The van der Waals surface area contributed by atoms with Crippen molar-refractivity contribution in [2.24, 2.45) is 5.92 Å². The maximum atomic E-state index is 13.9. The van der Waals surface area contributed by atoms with Crippen LogP contribution in [0.1, 0.15) is 12.0 Å². The van der Waals surface area contributed by atoms with Crippen molar-refractivity contribution in [3.63, 3.8) is 0 Å². The molecule has 0 N–H and O–H groups in total. The van der Waals surface area contributed by atoms with Crippen LogP contribution in [-0.4, -0.2) is 30.5 Å². The Labute approximate surface area is 196 Å². The number of carbonyl (C=O) groups excluding carboxylic acids is 2. The van der Waals surface area contributed by atoms with E-state index in [0.717, 1.165) is 27.2 Å². The fourth-order valence-electron chi connectivity index (χ4n) is 4.17. The van der Waals surface area contributed by atoms with E-state index in [1.165, 1.54) is 11.3 Å². The van der Waals surface area contributed by atoms with Crippen LogP contribution >= 0.6 is 11.3 Å².